The van der Waals surface area contributed by atoms with Crippen molar-refractivity contribution >= 4 is 33.5 Å². The van der Waals surface area contributed by atoms with Crippen LogP contribution in [0.25, 0.3) is 16.3 Å². The van der Waals surface area contributed by atoms with E-state index in [0.717, 1.165) is 10.4 Å². The summed E-state index contributed by atoms with van der Waals surface area (Å²) < 4.78 is 1.59. The van der Waals surface area contributed by atoms with Crippen LogP contribution in [0, 0.1) is 6.92 Å². The summed E-state index contributed by atoms with van der Waals surface area (Å²) in [6.45, 7) is 2.57. The first kappa shape index (κ1) is 16.1. The first-order valence-corrected chi connectivity index (χ1v) is 8.49. The number of hydrogen-bond donors (Lipinski definition) is 1. The monoisotopic (exact) mass is 339 g/mol. The van der Waals surface area contributed by atoms with E-state index < -0.39 is 0 Å². The van der Waals surface area contributed by atoms with E-state index in [1.54, 1.807) is 23.6 Å². The highest BCUT2D eigenvalue weighted by Gasteiger charge is 2.08. The predicted octanol–water partition coefficient (Wildman–Crippen LogP) is 2.60. The molecule has 0 aliphatic heterocycles. The van der Waals surface area contributed by atoms with Crippen molar-refractivity contribution in [2.75, 3.05) is 6.54 Å². The molecular weight excluding hydrogens is 322 g/mol. The SMILES string of the molecule is Cc1nc2sccc2c(=O)n1CCNC(=O)C=Cc1ccccc1. The molecule has 0 fully saturated rings. The van der Waals surface area contributed by atoms with E-state index in [-0.39, 0.29) is 11.5 Å². The Morgan fingerprint density at radius 2 is 2.08 bits per heavy atom. The lowest BCUT2D eigenvalue weighted by atomic mass is 10.2. The zero-order valence-electron chi connectivity index (χ0n) is 13.2. The molecule has 1 amide bonds. The predicted molar refractivity (Wildman–Crippen MR) is 97.1 cm³/mol. The molecule has 5 nitrogen and oxygen atoms in total. The molecule has 0 aliphatic carbocycles. The van der Waals surface area contributed by atoms with Gasteiger partial charge in [0.1, 0.15) is 10.7 Å². The van der Waals surface area contributed by atoms with Crippen molar-refractivity contribution < 1.29 is 4.79 Å². The Balaban J connectivity index is 1.61. The van der Waals surface area contributed by atoms with Crippen LogP contribution in [-0.4, -0.2) is 22.0 Å². The molecule has 0 bridgehead atoms. The number of rotatable bonds is 5. The summed E-state index contributed by atoms with van der Waals surface area (Å²) in [5.74, 6) is 0.471. The van der Waals surface area contributed by atoms with Gasteiger partial charge in [0.05, 0.1) is 5.39 Å². The molecule has 0 spiro atoms. The number of carbonyl (C=O) groups excluding carboxylic acids is 1. The second kappa shape index (κ2) is 7.23. The van der Waals surface area contributed by atoms with Crippen LogP contribution in [0.15, 0.2) is 52.6 Å². The van der Waals surface area contributed by atoms with Crippen molar-refractivity contribution in [2.24, 2.45) is 0 Å². The summed E-state index contributed by atoms with van der Waals surface area (Å²) in [4.78, 5) is 29.4. The van der Waals surface area contributed by atoms with Crippen molar-refractivity contribution in [1.82, 2.24) is 14.9 Å². The first-order chi connectivity index (χ1) is 11.6. The Hall–Kier alpha value is -2.73. The van der Waals surface area contributed by atoms with Gasteiger partial charge in [-0.25, -0.2) is 4.98 Å². The molecule has 3 aromatic rings. The number of nitrogens with zero attached hydrogens (tertiary/aromatic N) is 2. The Morgan fingerprint density at radius 1 is 1.29 bits per heavy atom. The van der Waals surface area contributed by atoms with E-state index in [2.05, 4.69) is 10.3 Å². The van der Waals surface area contributed by atoms with Gasteiger partial charge in [-0.15, -0.1) is 11.3 Å². The molecule has 2 aromatic heterocycles. The van der Waals surface area contributed by atoms with Crippen molar-refractivity contribution in [3.8, 4) is 0 Å². The summed E-state index contributed by atoms with van der Waals surface area (Å²) in [7, 11) is 0. The molecule has 0 aliphatic rings. The Kier molecular flexibility index (Phi) is 4.86. The Morgan fingerprint density at radius 3 is 2.88 bits per heavy atom. The summed E-state index contributed by atoms with van der Waals surface area (Å²) in [5, 5.41) is 5.27. The molecule has 0 saturated carbocycles. The molecule has 3 rings (SSSR count). The number of amides is 1. The van der Waals surface area contributed by atoms with Crippen LogP contribution in [0.1, 0.15) is 11.4 Å². The molecular formula is C18H17N3O2S. The molecule has 2 heterocycles. The fraction of sp³-hybridized carbons (Fsp3) is 0.167. The third kappa shape index (κ3) is 3.60. The second-order valence-corrected chi connectivity index (χ2v) is 6.18. The van der Waals surface area contributed by atoms with E-state index in [1.165, 1.54) is 17.4 Å². The second-order valence-electron chi connectivity index (χ2n) is 5.29. The molecule has 24 heavy (non-hydrogen) atoms. The van der Waals surface area contributed by atoms with Crippen LogP contribution in [0.2, 0.25) is 0 Å². The molecule has 1 aromatic carbocycles. The zero-order chi connectivity index (χ0) is 16.9. The Labute approximate surface area is 143 Å². The van der Waals surface area contributed by atoms with Gasteiger partial charge in [0, 0.05) is 19.2 Å². The smallest absolute Gasteiger partial charge is 0.262 e. The van der Waals surface area contributed by atoms with E-state index in [4.69, 9.17) is 0 Å². The number of aryl methyl sites for hydroxylation is 1. The lowest BCUT2D eigenvalue weighted by Gasteiger charge is -2.09. The van der Waals surface area contributed by atoms with Crippen molar-refractivity contribution in [2.45, 2.75) is 13.5 Å². The van der Waals surface area contributed by atoms with E-state index in [9.17, 15) is 9.59 Å². The maximum Gasteiger partial charge on any atom is 0.262 e. The molecule has 0 unspecified atom stereocenters. The van der Waals surface area contributed by atoms with Crippen molar-refractivity contribution in [1.29, 1.82) is 0 Å². The molecule has 0 saturated heterocycles. The normalized spacial score (nSPS) is 11.2. The van der Waals surface area contributed by atoms with Crippen molar-refractivity contribution in [3.05, 3.63) is 69.6 Å². The van der Waals surface area contributed by atoms with Gasteiger partial charge in [0.15, 0.2) is 0 Å². The minimum absolute atomic E-state index is 0.0622. The van der Waals surface area contributed by atoms with Crippen LogP contribution in [0.4, 0.5) is 0 Å². The van der Waals surface area contributed by atoms with Gasteiger partial charge in [-0.3, -0.25) is 14.2 Å². The largest absolute Gasteiger partial charge is 0.351 e. The third-order valence-electron chi connectivity index (χ3n) is 3.64. The number of aromatic nitrogens is 2. The number of benzene rings is 1. The quantitative estimate of drug-likeness (QED) is 0.727. The fourth-order valence-corrected chi connectivity index (χ4v) is 3.20. The standard InChI is InChI=1S/C18H17N3O2S/c1-13-20-17-15(9-12-24-17)18(23)21(13)11-10-19-16(22)8-7-14-5-3-2-4-6-14/h2-9,12H,10-11H2,1H3,(H,19,22). The van der Waals surface area contributed by atoms with Crippen molar-refractivity contribution in [3.63, 3.8) is 0 Å². The molecule has 1 N–H and O–H groups in total. The highest BCUT2D eigenvalue weighted by molar-refractivity contribution is 7.16. The highest BCUT2D eigenvalue weighted by atomic mass is 32.1. The summed E-state index contributed by atoms with van der Waals surface area (Å²) >= 11 is 1.45. The lowest BCUT2D eigenvalue weighted by molar-refractivity contribution is -0.116. The highest BCUT2D eigenvalue weighted by Crippen LogP contribution is 2.14. The van der Waals surface area contributed by atoms with Gasteiger partial charge in [-0.05, 0) is 30.0 Å². The molecule has 0 radical (unpaired) electrons. The summed E-state index contributed by atoms with van der Waals surface area (Å²) in [5.41, 5.74) is 0.902. The van der Waals surface area contributed by atoms with Gasteiger partial charge in [-0.1, -0.05) is 30.3 Å². The van der Waals surface area contributed by atoms with Crippen LogP contribution >= 0.6 is 11.3 Å². The average Bonchev–Trinajstić information content (AvgIpc) is 3.05. The molecule has 0 atom stereocenters. The van der Waals surface area contributed by atoms with E-state index in [1.807, 2.05) is 35.7 Å². The first-order valence-electron chi connectivity index (χ1n) is 7.61. The van der Waals surface area contributed by atoms with Crippen LogP contribution in [0.3, 0.4) is 0 Å². The maximum atomic E-state index is 12.4. The Bertz CT molecular complexity index is 942. The topological polar surface area (TPSA) is 64.0 Å². The minimum Gasteiger partial charge on any atom is -0.351 e. The zero-order valence-corrected chi connectivity index (χ0v) is 14.0. The van der Waals surface area contributed by atoms with Gasteiger partial charge in [0.2, 0.25) is 5.91 Å². The lowest BCUT2D eigenvalue weighted by Crippen LogP contribution is -2.31. The molecule has 6 heteroatoms. The molecule has 122 valence electrons. The van der Waals surface area contributed by atoms with Crippen LogP contribution in [0.5, 0.6) is 0 Å². The van der Waals surface area contributed by atoms with Gasteiger partial charge < -0.3 is 5.32 Å². The fourth-order valence-electron chi connectivity index (χ4n) is 2.40. The number of carbonyl (C=O) groups is 1. The third-order valence-corrected chi connectivity index (χ3v) is 4.44. The summed E-state index contributed by atoms with van der Waals surface area (Å²) in [6, 6.07) is 11.4. The average molecular weight is 339 g/mol. The number of fused-ring (bicyclic) bond motifs is 1. The van der Waals surface area contributed by atoms with Gasteiger partial charge >= 0.3 is 0 Å². The van der Waals surface area contributed by atoms with Crippen LogP contribution < -0.4 is 10.9 Å². The maximum absolute atomic E-state index is 12.4. The van der Waals surface area contributed by atoms with E-state index >= 15 is 0 Å². The summed E-state index contributed by atoms with van der Waals surface area (Å²) in [6.07, 6.45) is 3.25. The minimum atomic E-state index is -0.186. The van der Waals surface area contributed by atoms with Crippen LogP contribution in [-0.2, 0) is 11.3 Å². The number of nitrogens with one attached hydrogen (secondary N) is 1. The van der Waals surface area contributed by atoms with Gasteiger partial charge in [-0.2, -0.15) is 0 Å². The number of thiophene rings is 1. The van der Waals surface area contributed by atoms with E-state index in [0.29, 0.717) is 24.3 Å². The number of hydrogen-bond acceptors (Lipinski definition) is 4. The van der Waals surface area contributed by atoms with Gasteiger partial charge in [0.25, 0.3) is 5.56 Å².